The van der Waals surface area contributed by atoms with Gasteiger partial charge in [-0.25, -0.2) is 14.4 Å². The number of fused-ring (bicyclic) bond motifs is 1. The average molecular weight is 397 g/mol. The number of hydrogen-bond acceptors (Lipinski definition) is 5. The summed E-state index contributed by atoms with van der Waals surface area (Å²) in [5.74, 6) is 0.619. The molecular weight excluding hydrogens is 377 g/mol. The fourth-order valence-electron chi connectivity index (χ4n) is 3.14. The zero-order chi connectivity index (χ0) is 19.5. The zero-order valence-corrected chi connectivity index (χ0v) is 16.3. The Hall–Kier alpha value is -2.51. The molecule has 7 heteroatoms. The van der Waals surface area contributed by atoms with Crippen molar-refractivity contribution in [2.45, 2.75) is 11.9 Å². The topological polar surface area (TPSA) is 55.3 Å². The lowest BCUT2D eigenvalue weighted by Gasteiger charge is -2.26. The summed E-state index contributed by atoms with van der Waals surface area (Å²) in [7, 11) is 0. The Morgan fingerprint density at radius 1 is 1.14 bits per heavy atom. The number of amides is 1. The van der Waals surface area contributed by atoms with Crippen LogP contribution in [0, 0.1) is 12.7 Å². The predicted octanol–water partition coefficient (Wildman–Crippen LogP) is 3.70. The number of morpholine rings is 1. The third-order valence-electron chi connectivity index (χ3n) is 4.69. The van der Waals surface area contributed by atoms with Crippen LogP contribution < -0.4 is 0 Å². The number of benzene rings is 2. The van der Waals surface area contributed by atoms with Gasteiger partial charge >= 0.3 is 0 Å². The minimum atomic E-state index is -0.300. The fraction of sp³-hybridized carbons (Fsp3) is 0.286. The zero-order valence-electron chi connectivity index (χ0n) is 15.5. The number of carbonyl (C=O) groups excluding carboxylic acids is 1. The van der Waals surface area contributed by atoms with Crippen LogP contribution in [0.25, 0.3) is 22.3 Å². The number of thioether (sulfide) groups is 1. The van der Waals surface area contributed by atoms with E-state index in [4.69, 9.17) is 14.7 Å². The predicted molar refractivity (Wildman–Crippen MR) is 108 cm³/mol. The number of rotatable bonds is 4. The van der Waals surface area contributed by atoms with Crippen molar-refractivity contribution in [1.29, 1.82) is 0 Å². The summed E-state index contributed by atoms with van der Waals surface area (Å²) in [5.41, 5.74) is 2.62. The molecule has 2 aromatic carbocycles. The van der Waals surface area contributed by atoms with E-state index in [1.54, 1.807) is 12.1 Å². The van der Waals surface area contributed by atoms with Crippen LogP contribution in [0.5, 0.6) is 0 Å². The lowest BCUT2D eigenvalue weighted by molar-refractivity contribution is -0.132. The smallest absolute Gasteiger partial charge is 0.233 e. The second-order valence-corrected chi connectivity index (χ2v) is 7.58. The normalized spacial score (nSPS) is 14.4. The quantitative estimate of drug-likeness (QED) is 0.496. The second-order valence-electron chi connectivity index (χ2n) is 6.61. The van der Waals surface area contributed by atoms with Gasteiger partial charge in [-0.15, -0.1) is 0 Å². The van der Waals surface area contributed by atoms with E-state index in [0.717, 1.165) is 27.1 Å². The molecule has 0 atom stereocenters. The molecule has 0 bridgehead atoms. The Kier molecular flexibility index (Phi) is 5.54. The molecule has 0 unspecified atom stereocenters. The average Bonchev–Trinajstić information content (AvgIpc) is 2.73. The van der Waals surface area contributed by atoms with Gasteiger partial charge in [-0.3, -0.25) is 4.79 Å². The highest BCUT2D eigenvalue weighted by Gasteiger charge is 2.18. The van der Waals surface area contributed by atoms with Crippen LogP contribution in [0.2, 0.25) is 0 Å². The van der Waals surface area contributed by atoms with Crippen LogP contribution in [0.1, 0.15) is 5.56 Å². The highest BCUT2D eigenvalue weighted by molar-refractivity contribution is 8.00. The van der Waals surface area contributed by atoms with Gasteiger partial charge in [0.2, 0.25) is 5.91 Å². The summed E-state index contributed by atoms with van der Waals surface area (Å²) in [4.78, 5) is 23.7. The largest absolute Gasteiger partial charge is 0.378 e. The number of halogens is 1. The van der Waals surface area contributed by atoms with Gasteiger partial charge in [-0.2, -0.15) is 0 Å². The van der Waals surface area contributed by atoms with Crippen molar-refractivity contribution in [2.24, 2.45) is 0 Å². The molecule has 0 spiro atoms. The molecule has 3 aromatic rings. The minimum Gasteiger partial charge on any atom is -0.378 e. The lowest BCUT2D eigenvalue weighted by Crippen LogP contribution is -2.41. The molecule has 4 rings (SSSR count). The molecule has 1 aliphatic heterocycles. The third kappa shape index (κ3) is 4.00. The Morgan fingerprint density at radius 3 is 2.64 bits per heavy atom. The van der Waals surface area contributed by atoms with E-state index in [1.165, 1.54) is 23.9 Å². The summed E-state index contributed by atoms with van der Waals surface area (Å²) < 4.78 is 18.6. The number of nitrogens with zero attached hydrogens (tertiary/aromatic N) is 3. The number of aryl methyl sites for hydroxylation is 1. The first-order valence-electron chi connectivity index (χ1n) is 9.13. The molecule has 28 heavy (non-hydrogen) atoms. The van der Waals surface area contributed by atoms with Crippen molar-refractivity contribution < 1.29 is 13.9 Å². The molecule has 5 nitrogen and oxygen atoms in total. The van der Waals surface area contributed by atoms with Crippen LogP contribution in [0.15, 0.2) is 47.5 Å². The molecule has 1 fully saturated rings. The van der Waals surface area contributed by atoms with E-state index in [1.807, 2.05) is 30.0 Å². The van der Waals surface area contributed by atoms with E-state index < -0.39 is 0 Å². The van der Waals surface area contributed by atoms with Gasteiger partial charge in [-0.1, -0.05) is 30.0 Å². The number of carbonyl (C=O) groups is 1. The number of aromatic nitrogens is 2. The van der Waals surface area contributed by atoms with Crippen molar-refractivity contribution in [1.82, 2.24) is 14.9 Å². The van der Waals surface area contributed by atoms with Crippen molar-refractivity contribution in [3.63, 3.8) is 0 Å². The monoisotopic (exact) mass is 397 g/mol. The van der Waals surface area contributed by atoms with E-state index >= 15 is 0 Å². The van der Waals surface area contributed by atoms with Crippen molar-refractivity contribution in [2.75, 3.05) is 32.1 Å². The summed E-state index contributed by atoms with van der Waals surface area (Å²) >= 11 is 1.42. The first-order chi connectivity index (χ1) is 13.6. The van der Waals surface area contributed by atoms with Crippen LogP contribution in [-0.2, 0) is 9.53 Å². The van der Waals surface area contributed by atoms with E-state index in [0.29, 0.717) is 37.9 Å². The number of para-hydroxylation sites is 1. The van der Waals surface area contributed by atoms with Crippen molar-refractivity contribution in [3.05, 3.63) is 53.8 Å². The molecule has 0 radical (unpaired) electrons. The van der Waals surface area contributed by atoms with E-state index in [-0.39, 0.29) is 11.7 Å². The van der Waals surface area contributed by atoms with E-state index in [9.17, 15) is 9.18 Å². The number of hydrogen-bond donors (Lipinski definition) is 0. The lowest BCUT2D eigenvalue weighted by atomic mass is 10.1. The second kappa shape index (κ2) is 8.24. The molecule has 1 aliphatic rings. The van der Waals surface area contributed by atoms with Gasteiger partial charge in [-0.05, 0) is 36.8 Å². The van der Waals surface area contributed by atoms with E-state index in [2.05, 4.69) is 0 Å². The fourth-order valence-corrected chi connectivity index (χ4v) is 4.05. The molecular formula is C21H20FN3O2S. The Balaban J connectivity index is 1.66. The SMILES string of the molecule is Cc1cccc2c(SCC(=O)N3CCOCC3)nc(-c3ccc(F)cc3)nc12. The maximum atomic E-state index is 13.3. The van der Waals surface area contributed by atoms with Gasteiger partial charge in [0.05, 0.1) is 24.5 Å². The molecule has 1 amide bonds. The first-order valence-corrected chi connectivity index (χ1v) is 10.1. The molecule has 0 N–H and O–H groups in total. The standard InChI is InChI=1S/C21H20FN3O2S/c1-14-3-2-4-17-19(14)23-20(15-5-7-16(22)8-6-15)24-21(17)28-13-18(26)25-9-11-27-12-10-25/h2-8H,9-13H2,1H3. The van der Waals surface area contributed by atoms with Gasteiger partial charge in [0.25, 0.3) is 0 Å². The Morgan fingerprint density at radius 2 is 1.89 bits per heavy atom. The third-order valence-corrected chi connectivity index (χ3v) is 5.67. The van der Waals surface area contributed by atoms with Crippen LogP contribution >= 0.6 is 11.8 Å². The first kappa shape index (κ1) is 18.8. The molecule has 1 aromatic heterocycles. The maximum Gasteiger partial charge on any atom is 0.233 e. The molecule has 0 aliphatic carbocycles. The molecule has 144 valence electrons. The van der Waals surface area contributed by atoms with Crippen LogP contribution in [-0.4, -0.2) is 52.8 Å². The summed E-state index contributed by atoms with van der Waals surface area (Å²) in [5, 5.41) is 1.68. The molecule has 1 saturated heterocycles. The maximum absolute atomic E-state index is 13.3. The Labute approximate surface area is 166 Å². The van der Waals surface area contributed by atoms with Crippen molar-refractivity contribution in [3.8, 4) is 11.4 Å². The summed E-state index contributed by atoms with van der Waals surface area (Å²) in [6, 6.07) is 12.1. The van der Waals surface area contributed by atoms with Crippen LogP contribution in [0.4, 0.5) is 4.39 Å². The number of ether oxygens (including phenoxy) is 1. The highest BCUT2D eigenvalue weighted by Crippen LogP contribution is 2.30. The molecule has 0 saturated carbocycles. The Bertz CT molecular complexity index is 1000. The van der Waals surface area contributed by atoms with Gasteiger partial charge in [0.1, 0.15) is 10.8 Å². The van der Waals surface area contributed by atoms with Gasteiger partial charge < -0.3 is 9.64 Å². The van der Waals surface area contributed by atoms with Crippen LogP contribution in [0.3, 0.4) is 0 Å². The highest BCUT2D eigenvalue weighted by atomic mass is 32.2. The van der Waals surface area contributed by atoms with Gasteiger partial charge in [0.15, 0.2) is 5.82 Å². The summed E-state index contributed by atoms with van der Waals surface area (Å²) in [6.07, 6.45) is 0. The van der Waals surface area contributed by atoms with Crippen molar-refractivity contribution >= 4 is 28.6 Å². The minimum absolute atomic E-state index is 0.0797. The summed E-state index contributed by atoms with van der Waals surface area (Å²) in [6.45, 7) is 4.42. The van der Waals surface area contributed by atoms with Gasteiger partial charge in [0, 0.05) is 24.0 Å². The molecule has 2 heterocycles.